The fourth-order valence-electron chi connectivity index (χ4n) is 4.88. The van der Waals surface area contributed by atoms with E-state index < -0.39 is 36.7 Å². The molecule has 0 saturated heterocycles. The number of unbranched alkanes of at least 4 members (excludes halogenated alkanes) is 2. The molecule has 0 aliphatic carbocycles. The molecule has 0 saturated carbocycles. The molecule has 2 aromatic carbocycles. The summed E-state index contributed by atoms with van der Waals surface area (Å²) in [6.45, 7) is 17.3. The van der Waals surface area contributed by atoms with Crippen LogP contribution in [0, 0.1) is 5.92 Å². The van der Waals surface area contributed by atoms with Crippen LogP contribution in [0.1, 0.15) is 111 Å². The molecule has 0 aromatic heterocycles. The second-order valence-corrected chi connectivity index (χ2v) is 14.6. The molecule has 2 rings (SSSR count). The first-order valence-corrected chi connectivity index (χ1v) is 21.0. The third-order valence-corrected chi connectivity index (χ3v) is 8.10. The average molecular weight is 843 g/mol. The Kier molecular flexibility index (Phi) is 33.7. The topological polar surface area (TPSA) is 204 Å². The highest BCUT2D eigenvalue weighted by atomic mass is 16.5. The molecule has 2 aromatic rings. The maximum atomic E-state index is 12.4. The Balaban J connectivity index is 0. The number of carbonyl (C=O) groups excluding carboxylic acids is 7. The quantitative estimate of drug-likeness (QED) is 0.0612. The van der Waals surface area contributed by atoms with E-state index in [1.165, 1.54) is 17.7 Å². The van der Waals surface area contributed by atoms with E-state index in [1.807, 2.05) is 43.0 Å². The molecule has 5 N–H and O–H groups in total. The van der Waals surface area contributed by atoms with Crippen molar-refractivity contribution in [2.75, 3.05) is 53.5 Å². The van der Waals surface area contributed by atoms with E-state index in [2.05, 4.69) is 62.8 Å². The number of nitrogens with one attached hydrogen (secondary N) is 4. The summed E-state index contributed by atoms with van der Waals surface area (Å²) in [6, 6.07) is 15.3. The second kappa shape index (κ2) is 35.6. The minimum atomic E-state index is -1.00. The number of aliphatic hydroxyl groups is 1. The summed E-state index contributed by atoms with van der Waals surface area (Å²) in [5.74, 6) is -1.60. The summed E-state index contributed by atoms with van der Waals surface area (Å²) in [5, 5.41) is 18.3. The minimum Gasteiger partial charge on any atom is -0.493 e. The van der Waals surface area contributed by atoms with Crippen LogP contribution >= 0.6 is 0 Å². The molecule has 0 bridgehead atoms. The number of para-hydroxylation sites is 1. The molecule has 15 heteroatoms. The van der Waals surface area contributed by atoms with Gasteiger partial charge in [-0.2, -0.15) is 0 Å². The number of carbonyl (C=O) groups is 7. The van der Waals surface area contributed by atoms with Crippen LogP contribution in [0.4, 0.5) is 0 Å². The van der Waals surface area contributed by atoms with Gasteiger partial charge in [0.2, 0.25) is 35.8 Å². The second-order valence-electron chi connectivity index (χ2n) is 14.6. The molecule has 0 aliphatic rings. The molecule has 15 nitrogen and oxygen atoms in total. The Bertz CT molecular complexity index is 1520. The molecule has 0 heterocycles. The minimum absolute atomic E-state index is 0.0141. The number of Topliss-reactive ketones (excluding diaryl/α,β-unsaturated/α-hetero) is 1. The Morgan fingerprint density at radius 3 is 1.90 bits per heavy atom. The van der Waals surface area contributed by atoms with Crippen molar-refractivity contribution in [1.82, 2.24) is 31.1 Å². The number of aliphatic hydroxyl groups excluding tert-OH is 1. The third kappa shape index (κ3) is 27.4. The van der Waals surface area contributed by atoms with Gasteiger partial charge in [-0.15, -0.1) is 0 Å². The van der Waals surface area contributed by atoms with Crippen LogP contribution in [0.2, 0.25) is 0 Å². The number of hydrogen-bond donors (Lipinski definition) is 5. The molecule has 2 unspecified atom stereocenters. The standard InChI is InChI=1S/C21H34N2O4.C16H20N4O5.2C4H10/c1-4-10-17(3)23(5-2)21(26)16-22-20(25)15-18-11-6-7-12-19(18)27-14-9-8-13-24;1-20(2)16(25)14(11-6-4-3-5-7-11)19-13(23)9-18-15(24)12(22)8-17-10-21;1-4(2)3;1-3-4-2/h6-7,11-12,17,24H,4-5,8-10,13-16H2,1-3H3,(H,22,25);3-7,10,14H,8-9H2,1-2H3,(H,17,21)(H,18,24)(H,19,23);4H,1-3H3;3-4H2,1-2H3. The van der Waals surface area contributed by atoms with Gasteiger partial charge < -0.3 is 40.9 Å². The predicted molar refractivity (Wildman–Crippen MR) is 236 cm³/mol. The van der Waals surface area contributed by atoms with Crippen LogP contribution in [0.15, 0.2) is 54.6 Å². The van der Waals surface area contributed by atoms with Crippen LogP contribution in [0.25, 0.3) is 0 Å². The highest BCUT2D eigenvalue weighted by Gasteiger charge is 2.25. The van der Waals surface area contributed by atoms with Crippen LogP contribution < -0.4 is 26.0 Å². The van der Waals surface area contributed by atoms with E-state index in [0.717, 1.165) is 30.7 Å². The largest absolute Gasteiger partial charge is 0.493 e. The van der Waals surface area contributed by atoms with Gasteiger partial charge in [-0.3, -0.25) is 33.6 Å². The number of ether oxygens (including phenoxy) is 1. The van der Waals surface area contributed by atoms with Gasteiger partial charge >= 0.3 is 0 Å². The summed E-state index contributed by atoms with van der Waals surface area (Å²) < 4.78 is 5.71. The monoisotopic (exact) mass is 843 g/mol. The van der Waals surface area contributed by atoms with Crippen molar-refractivity contribution < 1.29 is 43.4 Å². The molecule has 0 fully saturated rings. The lowest BCUT2D eigenvalue weighted by Crippen LogP contribution is -2.46. The Hall–Kier alpha value is -5.31. The molecule has 2 atom stereocenters. The number of ketones is 1. The lowest BCUT2D eigenvalue weighted by molar-refractivity contribution is -0.138. The lowest BCUT2D eigenvalue weighted by atomic mass is 10.1. The molecule has 0 spiro atoms. The number of nitrogens with zero attached hydrogens (tertiary/aromatic N) is 2. The van der Waals surface area contributed by atoms with Crippen molar-refractivity contribution in [3.05, 3.63) is 65.7 Å². The van der Waals surface area contributed by atoms with Gasteiger partial charge in [0.25, 0.3) is 5.91 Å². The number of hydrogen-bond acceptors (Lipinski definition) is 9. The van der Waals surface area contributed by atoms with E-state index in [9.17, 15) is 33.6 Å². The van der Waals surface area contributed by atoms with Crippen molar-refractivity contribution >= 4 is 41.7 Å². The summed E-state index contributed by atoms with van der Waals surface area (Å²) in [7, 11) is 3.12. The van der Waals surface area contributed by atoms with Crippen LogP contribution in [-0.4, -0.2) is 116 Å². The zero-order valence-corrected chi connectivity index (χ0v) is 37.8. The number of amides is 6. The van der Waals surface area contributed by atoms with Crippen molar-refractivity contribution in [2.45, 2.75) is 112 Å². The van der Waals surface area contributed by atoms with Crippen molar-refractivity contribution in [1.29, 1.82) is 0 Å². The van der Waals surface area contributed by atoms with Crippen LogP contribution in [-0.2, 0) is 40.0 Å². The van der Waals surface area contributed by atoms with Gasteiger partial charge in [-0.25, -0.2) is 0 Å². The Morgan fingerprint density at radius 1 is 0.767 bits per heavy atom. The smallest absolute Gasteiger partial charge is 0.289 e. The maximum Gasteiger partial charge on any atom is 0.289 e. The predicted octanol–water partition coefficient (Wildman–Crippen LogP) is 4.37. The Morgan fingerprint density at radius 2 is 1.37 bits per heavy atom. The normalized spacial score (nSPS) is 10.9. The lowest BCUT2D eigenvalue weighted by Gasteiger charge is -2.28. The van der Waals surface area contributed by atoms with E-state index in [1.54, 1.807) is 44.4 Å². The molecule has 60 heavy (non-hydrogen) atoms. The number of likely N-dealkylation sites (N-methyl/N-ethyl adjacent to an activating group) is 2. The van der Waals surface area contributed by atoms with E-state index >= 15 is 0 Å². The molecular weight excluding hydrogens is 769 g/mol. The molecule has 338 valence electrons. The highest BCUT2D eigenvalue weighted by molar-refractivity contribution is 6.37. The van der Waals surface area contributed by atoms with Crippen molar-refractivity contribution in [3.63, 3.8) is 0 Å². The zero-order valence-electron chi connectivity index (χ0n) is 37.8. The first-order chi connectivity index (χ1) is 28.5. The fraction of sp³-hybridized carbons (Fsp3) is 0.578. The average Bonchev–Trinajstić information content (AvgIpc) is 3.22. The fourth-order valence-corrected chi connectivity index (χ4v) is 4.88. The van der Waals surface area contributed by atoms with Gasteiger partial charge in [0, 0.05) is 38.9 Å². The summed E-state index contributed by atoms with van der Waals surface area (Å²) >= 11 is 0. The van der Waals surface area contributed by atoms with Crippen molar-refractivity contribution in [2.24, 2.45) is 5.92 Å². The van der Waals surface area contributed by atoms with Crippen molar-refractivity contribution in [3.8, 4) is 5.75 Å². The molecule has 0 aliphatic heterocycles. The highest BCUT2D eigenvalue weighted by Crippen LogP contribution is 2.19. The SMILES string of the molecule is CC(C)C.CCCC.CCCC(C)N(CC)C(=O)CNC(=O)Cc1ccccc1OCCCCO.CN(C)C(=O)C(NC(=O)CNC(=O)C(=O)CNC=O)c1ccccc1. The van der Waals surface area contributed by atoms with Crippen LogP contribution in [0.5, 0.6) is 5.75 Å². The van der Waals surface area contributed by atoms with E-state index in [0.29, 0.717) is 30.9 Å². The molecular formula is C45H74N6O9. The molecule has 6 amide bonds. The number of rotatable bonds is 23. The Labute approximate surface area is 358 Å². The van der Waals surface area contributed by atoms with Gasteiger partial charge in [-0.1, -0.05) is 109 Å². The zero-order chi connectivity index (χ0) is 45.9. The summed E-state index contributed by atoms with van der Waals surface area (Å²) in [4.78, 5) is 85.0. The summed E-state index contributed by atoms with van der Waals surface area (Å²) in [5.41, 5.74) is 1.38. The van der Waals surface area contributed by atoms with Gasteiger partial charge in [0.1, 0.15) is 11.8 Å². The third-order valence-electron chi connectivity index (χ3n) is 8.10. The maximum absolute atomic E-state index is 12.4. The molecule has 0 radical (unpaired) electrons. The summed E-state index contributed by atoms with van der Waals surface area (Å²) in [6.07, 6.45) is 6.51. The van der Waals surface area contributed by atoms with E-state index in [4.69, 9.17) is 9.84 Å². The first kappa shape index (κ1) is 56.8. The van der Waals surface area contributed by atoms with E-state index in [-0.39, 0.29) is 49.7 Å². The first-order valence-electron chi connectivity index (χ1n) is 21.0. The van der Waals surface area contributed by atoms with Gasteiger partial charge in [0.15, 0.2) is 0 Å². The number of benzene rings is 2. The van der Waals surface area contributed by atoms with Crippen LogP contribution in [0.3, 0.4) is 0 Å². The van der Waals surface area contributed by atoms with Gasteiger partial charge in [0.05, 0.1) is 32.7 Å². The van der Waals surface area contributed by atoms with Gasteiger partial charge in [-0.05, 0) is 50.7 Å².